The third kappa shape index (κ3) is 5.19. The molecule has 9 nitrogen and oxygen atoms in total. The molecule has 1 aliphatic carbocycles. The normalized spacial score (nSPS) is 15.0. The molecular formula is C25H27N3O6. The Labute approximate surface area is 197 Å². The van der Waals surface area contributed by atoms with Gasteiger partial charge in [-0.25, -0.2) is 4.79 Å². The average molecular weight is 466 g/mol. The molecule has 0 bridgehead atoms. The number of rotatable bonds is 8. The minimum absolute atomic E-state index is 0.0166. The smallest absolute Gasteiger partial charge is 0.407 e. The van der Waals surface area contributed by atoms with Crippen molar-refractivity contribution in [3.8, 4) is 11.1 Å². The van der Waals surface area contributed by atoms with E-state index in [9.17, 15) is 19.2 Å². The van der Waals surface area contributed by atoms with Crippen LogP contribution in [0, 0.1) is 0 Å². The number of amides is 3. The molecule has 1 saturated heterocycles. The van der Waals surface area contributed by atoms with Crippen LogP contribution in [-0.4, -0.2) is 78.1 Å². The highest BCUT2D eigenvalue weighted by molar-refractivity contribution is 5.88. The van der Waals surface area contributed by atoms with E-state index in [4.69, 9.17) is 9.84 Å². The van der Waals surface area contributed by atoms with E-state index in [-0.39, 0.29) is 56.9 Å². The minimum Gasteiger partial charge on any atom is -0.480 e. The van der Waals surface area contributed by atoms with Gasteiger partial charge in [0, 0.05) is 32.0 Å². The molecule has 1 fully saturated rings. The number of carbonyl (C=O) groups excluding carboxylic acids is 3. The second kappa shape index (κ2) is 10.4. The van der Waals surface area contributed by atoms with Gasteiger partial charge < -0.3 is 25.0 Å². The van der Waals surface area contributed by atoms with Gasteiger partial charge in [-0.05, 0) is 28.7 Å². The first-order valence-corrected chi connectivity index (χ1v) is 11.3. The van der Waals surface area contributed by atoms with Crippen LogP contribution in [0.5, 0.6) is 0 Å². The van der Waals surface area contributed by atoms with E-state index in [2.05, 4.69) is 29.6 Å². The molecule has 2 aromatic carbocycles. The Morgan fingerprint density at radius 1 is 1.00 bits per heavy atom. The SMILES string of the molecule is O=C(O)CN1CCN(C(=O)CCCNC(=O)OCC2c3ccccc3-c3ccccc32)CC1=O. The molecule has 0 saturated carbocycles. The Morgan fingerprint density at radius 2 is 1.65 bits per heavy atom. The molecular weight excluding hydrogens is 438 g/mol. The molecule has 3 amide bonds. The number of carboxylic acid groups (broad SMARTS) is 1. The number of alkyl carbamates (subject to hydrolysis) is 1. The summed E-state index contributed by atoms with van der Waals surface area (Å²) in [4.78, 5) is 50.0. The number of carboxylic acids is 1. The summed E-state index contributed by atoms with van der Waals surface area (Å²) < 4.78 is 5.48. The number of fused-ring (bicyclic) bond motifs is 3. The van der Waals surface area contributed by atoms with Crippen LogP contribution in [0.2, 0.25) is 0 Å². The predicted molar refractivity (Wildman–Crippen MR) is 123 cm³/mol. The molecule has 178 valence electrons. The van der Waals surface area contributed by atoms with Crippen molar-refractivity contribution in [1.29, 1.82) is 0 Å². The second-order valence-corrected chi connectivity index (χ2v) is 8.38. The summed E-state index contributed by atoms with van der Waals surface area (Å²) in [6, 6.07) is 16.2. The minimum atomic E-state index is -1.08. The van der Waals surface area contributed by atoms with Gasteiger partial charge in [-0.15, -0.1) is 0 Å². The molecule has 2 aromatic rings. The molecule has 1 heterocycles. The van der Waals surface area contributed by atoms with E-state index >= 15 is 0 Å². The largest absolute Gasteiger partial charge is 0.480 e. The van der Waals surface area contributed by atoms with Crippen molar-refractivity contribution < 1.29 is 29.0 Å². The zero-order valence-corrected chi connectivity index (χ0v) is 18.7. The summed E-state index contributed by atoms with van der Waals surface area (Å²) in [5, 5.41) is 11.5. The number of nitrogens with zero attached hydrogens (tertiary/aromatic N) is 2. The monoisotopic (exact) mass is 465 g/mol. The lowest BCUT2D eigenvalue weighted by molar-refractivity contribution is -0.150. The van der Waals surface area contributed by atoms with Crippen LogP contribution >= 0.6 is 0 Å². The number of hydrogen-bond donors (Lipinski definition) is 2. The Morgan fingerprint density at radius 3 is 2.26 bits per heavy atom. The van der Waals surface area contributed by atoms with Crippen LogP contribution in [0.25, 0.3) is 11.1 Å². The Hall–Kier alpha value is -3.88. The number of aliphatic carboxylic acids is 1. The standard InChI is InChI=1S/C25H27N3O6/c29-22(27-12-13-28(15-24(31)32)23(30)14-27)10-5-11-26-25(33)34-16-21-19-8-3-1-6-17(19)18-7-2-4-9-20(18)21/h1-4,6-9,21H,5,10-16H2,(H,26,33)(H,31,32). The summed E-state index contributed by atoms with van der Waals surface area (Å²) in [5.41, 5.74) is 4.60. The zero-order valence-electron chi connectivity index (χ0n) is 18.7. The fourth-order valence-corrected chi connectivity index (χ4v) is 4.49. The molecule has 0 aromatic heterocycles. The molecule has 34 heavy (non-hydrogen) atoms. The molecule has 0 radical (unpaired) electrons. The van der Waals surface area contributed by atoms with Crippen LogP contribution in [0.3, 0.4) is 0 Å². The molecule has 2 N–H and O–H groups in total. The lowest BCUT2D eigenvalue weighted by atomic mass is 9.98. The van der Waals surface area contributed by atoms with Gasteiger partial charge in [0.1, 0.15) is 13.2 Å². The number of piperazine rings is 1. The summed E-state index contributed by atoms with van der Waals surface area (Å²) in [6.45, 7) is 0.528. The van der Waals surface area contributed by atoms with Crippen molar-refractivity contribution in [3.05, 3.63) is 59.7 Å². The molecule has 0 unspecified atom stereocenters. The Balaban J connectivity index is 1.18. The van der Waals surface area contributed by atoms with Gasteiger partial charge in [-0.2, -0.15) is 0 Å². The summed E-state index contributed by atoms with van der Waals surface area (Å²) >= 11 is 0. The quantitative estimate of drug-likeness (QED) is 0.577. The third-order valence-corrected chi connectivity index (χ3v) is 6.18. The summed E-state index contributed by atoms with van der Waals surface area (Å²) in [6.07, 6.45) is 0.0503. The average Bonchev–Trinajstić information content (AvgIpc) is 3.15. The van der Waals surface area contributed by atoms with Gasteiger partial charge in [0.2, 0.25) is 11.8 Å². The molecule has 2 aliphatic rings. The Bertz CT molecular complexity index is 1060. The van der Waals surface area contributed by atoms with Crippen molar-refractivity contribution in [2.45, 2.75) is 18.8 Å². The van der Waals surface area contributed by atoms with Gasteiger partial charge in [0.05, 0.1) is 6.54 Å². The first-order chi connectivity index (χ1) is 16.4. The van der Waals surface area contributed by atoms with E-state index in [1.807, 2.05) is 24.3 Å². The van der Waals surface area contributed by atoms with Crippen LogP contribution < -0.4 is 5.32 Å². The van der Waals surface area contributed by atoms with Crippen molar-refractivity contribution in [1.82, 2.24) is 15.1 Å². The first-order valence-electron chi connectivity index (χ1n) is 11.3. The van der Waals surface area contributed by atoms with E-state index in [1.165, 1.54) is 9.80 Å². The molecule has 9 heteroatoms. The summed E-state index contributed by atoms with van der Waals surface area (Å²) in [7, 11) is 0. The van der Waals surface area contributed by atoms with Gasteiger partial charge in [0.25, 0.3) is 0 Å². The maximum atomic E-state index is 12.3. The second-order valence-electron chi connectivity index (χ2n) is 8.38. The first kappa shape index (κ1) is 23.3. The molecule has 4 rings (SSSR count). The van der Waals surface area contributed by atoms with E-state index in [0.29, 0.717) is 13.0 Å². The van der Waals surface area contributed by atoms with Crippen molar-refractivity contribution >= 4 is 23.9 Å². The Kier molecular flexibility index (Phi) is 7.10. The highest BCUT2D eigenvalue weighted by Gasteiger charge is 2.29. The van der Waals surface area contributed by atoms with E-state index in [0.717, 1.165) is 22.3 Å². The van der Waals surface area contributed by atoms with Crippen LogP contribution in [0.15, 0.2) is 48.5 Å². The topological polar surface area (TPSA) is 116 Å². The number of carbonyl (C=O) groups is 4. The van der Waals surface area contributed by atoms with E-state index < -0.39 is 12.1 Å². The van der Waals surface area contributed by atoms with Gasteiger partial charge >= 0.3 is 12.1 Å². The van der Waals surface area contributed by atoms with Gasteiger partial charge in [-0.3, -0.25) is 14.4 Å². The third-order valence-electron chi connectivity index (χ3n) is 6.18. The number of hydrogen-bond acceptors (Lipinski definition) is 5. The van der Waals surface area contributed by atoms with Crippen LogP contribution in [-0.2, 0) is 19.1 Å². The van der Waals surface area contributed by atoms with Crippen molar-refractivity contribution in [2.24, 2.45) is 0 Å². The molecule has 0 spiro atoms. The number of nitrogens with one attached hydrogen (secondary N) is 1. The highest BCUT2D eigenvalue weighted by Crippen LogP contribution is 2.44. The van der Waals surface area contributed by atoms with Crippen molar-refractivity contribution in [2.75, 3.05) is 39.3 Å². The van der Waals surface area contributed by atoms with Crippen molar-refractivity contribution in [3.63, 3.8) is 0 Å². The van der Waals surface area contributed by atoms with E-state index in [1.54, 1.807) is 0 Å². The fraction of sp³-hybridized carbons (Fsp3) is 0.360. The molecule has 0 atom stereocenters. The maximum absolute atomic E-state index is 12.3. The van der Waals surface area contributed by atoms with Crippen LogP contribution in [0.4, 0.5) is 4.79 Å². The zero-order chi connectivity index (χ0) is 24.1. The lowest BCUT2D eigenvalue weighted by Crippen LogP contribution is -2.53. The highest BCUT2D eigenvalue weighted by atomic mass is 16.5. The maximum Gasteiger partial charge on any atom is 0.407 e. The number of ether oxygens (including phenoxy) is 1. The predicted octanol–water partition coefficient (Wildman–Crippen LogP) is 2.06. The van der Waals surface area contributed by atoms with Crippen LogP contribution in [0.1, 0.15) is 29.9 Å². The lowest BCUT2D eigenvalue weighted by Gasteiger charge is -2.33. The van der Waals surface area contributed by atoms with Gasteiger partial charge in [0.15, 0.2) is 0 Å². The number of benzene rings is 2. The fourth-order valence-electron chi connectivity index (χ4n) is 4.49. The van der Waals surface area contributed by atoms with Gasteiger partial charge in [-0.1, -0.05) is 48.5 Å². The molecule has 1 aliphatic heterocycles. The summed E-state index contributed by atoms with van der Waals surface area (Å²) in [5.74, 6) is -1.67.